The van der Waals surface area contributed by atoms with E-state index in [-0.39, 0.29) is 5.56 Å². The van der Waals surface area contributed by atoms with Crippen molar-refractivity contribution in [3.63, 3.8) is 0 Å². The molecule has 3 aromatic carbocycles. The second-order valence-corrected chi connectivity index (χ2v) is 5.84. The first-order chi connectivity index (χ1) is 12.2. The van der Waals surface area contributed by atoms with E-state index in [0.29, 0.717) is 10.9 Å². The van der Waals surface area contributed by atoms with E-state index >= 15 is 0 Å². The molecule has 25 heavy (non-hydrogen) atoms. The maximum Gasteiger partial charge on any atom is 0.336 e. The van der Waals surface area contributed by atoms with Crippen LogP contribution >= 0.6 is 0 Å². The van der Waals surface area contributed by atoms with E-state index in [2.05, 4.69) is 41.4 Å². The molecule has 0 amide bonds. The average Bonchev–Trinajstić information content (AvgIpc) is 2.68. The fourth-order valence-electron chi connectivity index (χ4n) is 3.00. The minimum absolute atomic E-state index is 0.271. The second kappa shape index (κ2) is 6.21. The first-order valence-corrected chi connectivity index (χ1v) is 8.00. The van der Waals surface area contributed by atoms with E-state index in [1.54, 1.807) is 0 Å². The van der Waals surface area contributed by atoms with E-state index in [1.165, 1.54) is 17.8 Å². The Balaban J connectivity index is 1.77. The van der Waals surface area contributed by atoms with Gasteiger partial charge in [-0.1, -0.05) is 60.7 Å². The summed E-state index contributed by atoms with van der Waals surface area (Å²) in [6.07, 6.45) is 1.53. The lowest BCUT2D eigenvalue weighted by Gasteiger charge is -2.07. The monoisotopic (exact) mass is 325 g/mol. The molecule has 120 valence electrons. The Kier molecular flexibility index (Phi) is 3.75. The van der Waals surface area contributed by atoms with Crippen molar-refractivity contribution in [1.82, 2.24) is 4.98 Å². The summed E-state index contributed by atoms with van der Waals surface area (Å²) in [5.74, 6) is -0.941. The van der Waals surface area contributed by atoms with Crippen LogP contribution in [-0.2, 0) is 0 Å². The maximum atomic E-state index is 11.4. The number of hydrogen-bond acceptors (Lipinski definition) is 2. The predicted octanol–water partition coefficient (Wildman–Crippen LogP) is 5.27. The summed E-state index contributed by atoms with van der Waals surface area (Å²) in [5.41, 5.74) is 5.30. The van der Waals surface area contributed by atoms with E-state index in [1.807, 2.05) is 36.4 Å². The maximum absolute atomic E-state index is 11.4. The van der Waals surface area contributed by atoms with Crippen molar-refractivity contribution >= 4 is 16.9 Å². The number of carboxylic acids is 1. The Hall–Kier alpha value is -3.46. The van der Waals surface area contributed by atoms with Crippen LogP contribution in [0.2, 0.25) is 0 Å². The largest absolute Gasteiger partial charge is 0.478 e. The number of aromatic carboxylic acids is 1. The van der Waals surface area contributed by atoms with Crippen LogP contribution in [0, 0.1) is 0 Å². The highest BCUT2D eigenvalue weighted by Gasteiger charge is 2.10. The smallest absolute Gasteiger partial charge is 0.336 e. The van der Waals surface area contributed by atoms with Crippen LogP contribution in [0.1, 0.15) is 10.4 Å². The van der Waals surface area contributed by atoms with E-state index < -0.39 is 5.97 Å². The van der Waals surface area contributed by atoms with Gasteiger partial charge in [0.2, 0.25) is 0 Å². The molecule has 4 rings (SSSR count). The van der Waals surface area contributed by atoms with E-state index in [9.17, 15) is 9.90 Å². The highest BCUT2D eigenvalue weighted by atomic mass is 16.4. The normalized spacial score (nSPS) is 10.7. The Bertz CT molecular complexity index is 1050. The number of nitrogens with zero attached hydrogens (tertiary/aromatic N) is 1. The summed E-state index contributed by atoms with van der Waals surface area (Å²) in [6, 6.07) is 25.7. The summed E-state index contributed by atoms with van der Waals surface area (Å²) < 4.78 is 0. The molecule has 1 aromatic heterocycles. The van der Waals surface area contributed by atoms with Gasteiger partial charge in [-0.25, -0.2) is 4.79 Å². The Morgan fingerprint density at radius 2 is 1.32 bits per heavy atom. The van der Waals surface area contributed by atoms with E-state index in [4.69, 9.17) is 0 Å². The lowest BCUT2D eigenvalue weighted by atomic mass is 9.98. The summed E-state index contributed by atoms with van der Waals surface area (Å²) in [5, 5.41) is 10.0. The number of aromatic nitrogens is 1. The molecule has 0 saturated carbocycles. The Morgan fingerprint density at radius 3 is 2.00 bits per heavy atom. The van der Waals surface area contributed by atoms with Crippen molar-refractivity contribution in [2.75, 3.05) is 0 Å². The van der Waals surface area contributed by atoms with Crippen LogP contribution in [-0.4, -0.2) is 16.1 Å². The van der Waals surface area contributed by atoms with Crippen LogP contribution < -0.4 is 0 Å². The Labute approximate surface area is 145 Å². The number of carbonyl (C=O) groups is 1. The molecule has 0 unspecified atom stereocenters. The minimum atomic E-state index is -0.941. The van der Waals surface area contributed by atoms with Crippen molar-refractivity contribution in [2.24, 2.45) is 0 Å². The van der Waals surface area contributed by atoms with Gasteiger partial charge in [0.1, 0.15) is 0 Å². The molecule has 0 aliphatic carbocycles. The molecule has 1 N–H and O–H groups in total. The third kappa shape index (κ3) is 2.88. The van der Waals surface area contributed by atoms with Crippen molar-refractivity contribution in [3.8, 4) is 22.3 Å². The molecule has 0 saturated heterocycles. The average molecular weight is 325 g/mol. The number of benzene rings is 3. The molecule has 0 aliphatic rings. The second-order valence-electron chi connectivity index (χ2n) is 5.84. The number of pyridine rings is 1. The molecule has 0 aliphatic heterocycles. The lowest BCUT2D eigenvalue weighted by Crippen LogP contribution is -1.98. The molecule has 0 bridgehead atoms. The number of carboxylic acid groups (broad SMARTS) is 1. The third-order valence-corrected chi connectivity index (χ3v) is 4.30. The fraction of sp³-hybridized carbons (Fsp3) is 0. The van der Waals surface area contributed by atoms with Crippen molar-refractivity contribution in [2.45, 2.75) is 0 Å². The van der Waals surface area contributed by atoms with Crippen LogP contribution in [0.25, 0.3) is 33.2 Å². The highest BCUT2D eigenvalue weighted by molar-refractivity contribution is 6.03. The van der Waals surface area contributed by atoms with Gasteiger partial charge < -0.3 is 5.11 Å². The Morgan fingerprint density at radius 1 is 0.720 bits per heavy atom. The zero-order valence-electron chi connectivity index (χ0n) is 13.4. The zero-order chi connectivity index (χ0) is 17.2. The highest BCUT2D eigenvalue weighted by Crippen LogP contribution is 2.28. The van der Waals surface area contributed by atoms with Crippen LogP contribution in [0.15, 0.2) is 85.1 Å². The molecule has 0 radical (unpaired) electrons. The van der Waals surface area contributed by atoms with Gasteiger partial charge in [0, 0.05) is 11.6 Å². The molecule has 1 heterocycles. The summed E-state index contributed by atoms with van der Waals surface area (Å²) >= 11 is 0. The SMILES string of the molecule is O=C(O)c1ccnc2ccc(-c3ccc(-c4ccccc4)cc3)cc12. The minimum Gasteiger partial charge on any atom is -0.478 e. The van der Waals surface area contributed by atoms with E-state index in [0.717, 1.165) is 16.7 Å². The van der Waals surface area contributed by atoms with Gasteiger partial charge >= 0.3 is 5.97 Å². The van der Waals surface area contributed by atoms with Gasteiger partial charge in [-0.05, 0) is 40.5 Å². The van der Waals surface area contributed by atoms with Gasteiger partial charge in [0.05, 0.1) is 11.1 Å². The molecule has 0 atom stereocenters. The van der Waals surface area contributed by atoms with Crippen LogP contribution in [0.5, 0.6) is 0 Å². The molecule has 4 aromatic rings. The molecular weight excluding hydrogens is 310 g/mol. The third-order valence-electron chi connectivity index (χ3n) is 4.30. The topological polar surface area (TPSA) is 50.2 Å². The first kappa shape index (κ1) is 15.1. The van der Waals surface area contributed by atoms with Crippen molar-refractivity contribution in [3.05, 3.63) is 90.6 Å². The predicted molar refractivity (Wildman–Crippen MR) is 99.6 cm³/mol. The van der Waals surface area contributed by atoms with Gasteiger partial charge in [0.15, 0.2) is 0 Å². The van der Waals surface area contributed by atoms with Gasteiger partial charge in [-0.15, -0.1) is 0 Å². The summed E-state index contributed by atoms with van der Waals surface area (Å²) in [7, 11) is 0. The fourth-order valence-corrected chi connectivity index (χ4v) is 3.00. The first-order valence-electron chi connectivity index (χ1n) is 8.00. The number of fused-ring (bicyclic) bond motifs is 1. The molecular formula is C22H15NO2. The molecule has 3 heteroatoms. The van der Waals surface area contributed by atoms with Gasteiger partial charge in [-0.2, -0.15) is 0 Å². The van der Waals surface area contributed by atoms with Crippen LogP contribution in [0.3, 0.4) is 0 Å². The van der Waals surface area contributed by atoms with Crippen LogP contribution in [0.4, 0.5) is 0 Å². The molecule has 0 spiro atoms. The van der Waals surface area contributed by atoms with Crippen molar-refractivity contribution in [1.29, 1.82) is 0 Å². The number of hydrogen-bond donors (Lipinski definition) is 1. The molecule has 0 fully saturated rings. The molecule has 3 nitrogen and oxygen atoms in total. The standard InChI is InChI=1S/C22H15NO2/c24-22(25)19-12-13-23-21-11-10-18(14-20(19)21)17-8-6-16(7-9-17)15-4-2-1-3-5-15/h1-14H,(H,24,25). The summed E-state index contributed by atoms with van der Waals surface area (Å²) in [4.78, 5) is 15.7. The lowest BCUT2D eigenvalue weighted by molar-refractivity contribution is 0.0699. The van der Waals surface area contributed by atoms with Gasteiger partial charge in [0.25, 0.3) is 0 Å². The van der Waals surface area contributed by atoms with Crippen molar-refractivity contribution < 1.29 is 9.90 Å². The summed E-state index contributed by atoms with van der Waals surface area (Å²) in [6.45, 7) is 0. The number of rotatable bonds is 3. The van der Waals surface area contributed by atoms with Gasteiger partial charge in [-0.3, -0.25) is 4.98 Å². The quantitative estimate of drug-likeness (QED) is 0.558. The zero-order valence-corrected chi connectivity index (χ0v) is 13.4.